The summed E-state index contributed by atoms with van der Waals surface area (Å²) in [6.45, 7) is 9.25. The van der Waals surface area contributed by atoms with E-state index in [4.69, 9.17) is 15.5 Å². The number of aliphatic imine (C=N–C) groups is 1. The van der Waals surface area contributed by atoms with Crippen molar-refractivity contribution in [1.82, 2.24) is 4.98 Å². The number of hydrogen-bond acceptors (Lipinski definition) is 6. The van der Waals surface area contributed by atoms with E-state index in [0.717, 1.165) is 69.9 Å². The molecule has 0 aliphatic rings. The van der Waals surface area contributed by atoms with Gasteiger partial charge in [0.1, 0.15) is 0 Å². The number of anilines is 1. The third-order valence-electron chi connectivity index (χ3n) is 6.04. The van der Waals surface area contributed by atoms with Gasteiger partial charge >= 0.3 is 5.97 Å². The summed E-state index contributed by atoms with van der Waals surface area (Å²) >= 11 is 1.72. The van der Waals surface area contributed by atoms with Gasteiger partial charge in [0, 0.05) is 28.9 Å². The number of carbonyl (C=O) groups is 1. The molecule has 1 aromatic heterocycles. The second-order valence-electron chi connectivity index (χ2n) is 8.41. The van der Waals surface area contributed by atoms with Crippen LogP contribution in [0.15, 0.2) is 47.5 Å². The topological polar surface area (TPSA) is 77.6 Å². The normalized spacial score (nSPS) is 12.7. The van der Waals surface area contributed by atoms with Gasteiger partial charge in [-0.3, -0.25) is 9.98 Å². The van der Waals surface area contributed by atoms with E-state index in [1.807, 2.05) is 19.9 Å². The van der Waals surface area contributed by atoms with Gasteiger partial charge in [-0.2, -0.15) is 0 Å². The lowest BCUT2D eigenvalue weighted by molar-refractivity contribution is 0.0600. The second-order valence-corrected chi connectivity index (χ2v) is 9.58. The lowest BCUT2D eigenvalue weighted by Crippen LogP contribution is -2.08. The van der Waals surface area contributed by atoms with Crippen molar-refractivity contribution in [3.63, 3.8) is 0 Å². The van der Waals surface area contributed by atoms with Gasteiger partial charge in [0.05, 0.1) is 28.9 Å². The molecule has 1 atom stereocenters. The molecule has 0 aliphatic carbocycles. The minimum atomic E-state index is -0.363. The van der Waals surface area contributed by atoms with Crippen LogP contribution in [-0.2, 0) is 10.5 Å². The maximum atomic E-state index is 12.3. The number of fused-ring (bicyclic) bond motifs is 1. The Kier molecular flexibility index (Phi) is 9.11. The van der Waals surface area contributed by atoms with Gasteiger partial charge in [-0.1, -0.05) is 32.4 Å². The van der Waals surface area contributed by atoms with Gasteiger partial charge in [0.15, 0.2) is 0 Å². The summed E-state index contributed by atoms with van der Waals surface area (Å²) in [6, 6.07) is 14.2. The van der Waals surface area contributed by atoms with Gasteiger partial charge in [0.2, 0.25) is 0 Å². The Hall–Kier alpha value is -2.86. The predicted octanol–water partition coefficient (Wildman–Crippen LogP) is 7.24. The van der Waals surface area contributed by atoms with Gasteiger partial charge < -0.3 is 10.5 Å². The number of benzene rings is 2. The lowest BCUT2D eigenvalue weighted by Gasteiger charge is -2.22. The van der Waals surface area contributed by atoms with Crippen molar-refractivity contribution in [2.75, 3.05) is 19.4 Å². The highest BCUT2D eigenvalue weighted by molar-refractivity contribution is 8.13. The Bertz CT molecular complexity index is 1190. The van der Waals surface area contributed by atoms with Crippen LogP contribution in [0, 0.1) is 0 Å². The molecule has 0 saturated carbocycles. The molecular formula is C28H35N3O2S. The Morgan fingerprint density at radius 2 is 1.94 bits per heavy atom. The zero-order valence-electron chi connectivity index (χ0n) is 20.9. The fourth-order valence-electron chi connectivity index (χ4n) is 4.36. The molecule has 2 aromatic carbocycles. The van der Waals surface area contributed by atoms with E-state index in [0.29, 0.717) is 17.2 Å². The molecule has 0 fully saturated rings. The van der Waals surface area contributed by atoms with Crippen LogP contribution in [0.2, 0.25) is 0 Å². The molecule has 3 rings (SSSR count). The number of rotatable bonds is 9. The quantitative estimate of drug-likeness (QED) is 0.152. The van der Waals surface area contributed by atoms with Crippen molar-refractivity contribution in [3.05, 3.63) is 59.3 Å². The zero-order chi connectivity index (χ0) is 24.7. The molecule has 0 radical (unpaired) electrons. The average molecular weight is 478 g/mol. The molecule has 0 bridgehead atoms. The summed E-state index contributed by atoms with van der Waals surface area (Å²) in [4.78, 5) is 21.6. The van der Waals surface area contributed by atoms with E-state index in [2.05, 4.69) is 49.2 Å². The van der Waals surface area contributed by atoms with Crippen molar-refractivity contribution in [2.45, 2.75) is 58.6 Å². The summed E-state index contributed by atoms with van der Waals surface area (Å²) < 4.78 is 4.97. The Balaban J connectivity index is 2.04. The molecule has 5 nitrogen and oxygen atoms in total. The number of carbonyl (C=O) groups excluding carboxylic acids is 1. The summed E-state index contributed by atoms with van der Waals surface area (Å²) in [5.41, 5.74) is 12.8. The number of aromatic nitrogens is 1. The van der Waals surface area contributed by atoms with E-state index in [9.17, 15) is 4.79 Å². The van der Waals surface area contributed by atoms with E-state index in [1.165, 1.54) is 7.11 Å². The fraction of sp³-hybridized carbons (Fsp3) is 0.393. The standard InChI is InChI=1S/C28H35N3O2S/c1-6-9-19(7-2)24-15-22(28(32)33-5)16-25(29)27(24)21-11-13-26-20(14-21)10-12-23(31-26)17-34-18(4)30-8-3/h10-16,19H,6-9,17,29H2,1-5H3. The molecule has 180 valence electrons. The van der Waals surface area contributed by atoms with Crippen LogP contribution in [0.4, 0.5) is 5.69 Å². The number of hydrogen-bond donors (Lipinski definition) is 1. The van der Waals surface area contributed by atoms with Crippen LogP contribution in [0.5, 0.6) is 0 Å². The molecule has 1 unspecified atom stereocenters. The molecule has 34 heavy (non-hydrogen) atoms. The molecule has 0 saturated heterocycles. The Labute approximate surface area is 207 Å². The molecule has 6 heteroatoms. The predicted molar refractivity (Wildman–Crippen MR) is 146 cm³/mol. The number of nitrogens with two attached hydrogens (primary N) is 1. The summed E-state index contributed by atoms with van der Waals surface area (Å²) in [5, 5.41) is 2.15. The monoisotopic (exact) mass is 477 g/mol. The third-order valence-corrected chi connectivity index (χ3v) is 7.02. The average Bonchev–Trinajstić information content (AvgIpc) is 2.84. The van der Waals surface area contributed by atoms with Crippen molar-refractivity contribution in [1.29, 1.82) is 0 Å². The minimum absolute atomic E-state index is 0.313. The van der Waals surface area contributed by atoms with E-state index in [-0.39, 0.29) is 5.97 Å². The zero-order valence-corrected chi connectivity index (χ0v) is 21.7. The summed E-state index contributed by atoms with van der Waals surface area (Å²) in [7, 11) is 1.40. The number of pyridine rings is 1. The number of ether oxygens (including phenoxy) is 1. The smallest absolute Gasteiger partial charge is 0.337 e. The van der Waals surface area contributed by atoms with Gasteiger partial charge in [0.25, 0.3) is 0 Å². The summed E-state index contributed by atoms with van der Waals surface area (Å²) in [6.07, 6.45) is 3.07. The highest BCUT2D eigenvalue weighted by Gasteiger charge is 2.21. The van der Waals surface area contributed by atoms with Crippen LogP contribution < -0.4 is 5.73 Å². The first-order chi connectivity index (χ1) is 16.4. The first kappa shape index (κ1) is 25.8. The van der Waals surface area contributed by atoms with Crippen molar-refractivity contribution in [3.8, 4) is 11.1 Å². The fourth-order valence-corrected chi connectivity index (χ4v) is 5.10. The maximum Gasteiger partial charge on any atom is 0.337 e. The SMILES string of the molecule is CCCC(CC)c1cc(C(=O)OC)cc(N)c1-c1ccc2nc(CSC(C)=NCC)ccc2c1. The van der Waals surface area contributed by atoms with Crippen LogP contribution in [-0.4, -0.2) is 29.7 Å². The highest BCUT2D eigenvalue weighted by atomic mass is 32.2. The molecule has 0 spiro atoms. The number of methoxy groups -OCH3 is 1. The number of esters is 1. The summed E-state index contributed by atoms with van der Waals surface area (Å²) in [5.74, 6) is 0.750. The third kappa shape index (κ3) is 5.98. The van der Waals surface area contributed by atoms with Crippen LogP contribution in [0.3, 0.4) is 0 Å². The minimum Gasteiger partial charge on any atom is -0.465 e. The molecule has 0 amide bonds. The van der Waals surface area contributed by atoms with Crippen molar-refractivity contribution in [2.24, 2.45) is 4.99 Å². The van der Waals surface area contributed by atoms with Crippen LogP contribution in [0.25, 0.3) is 22.0 Å². The maximum absolute atomic E-state index is 12.3. The van der Waals surface area contributed by atoms with Crippen LogP contribution in [0.1, 0.15) is 74.5 Å². The van der Waals surface area contributed by atoms with Gasteiger partial charge in [-0.25, -0.2) is 4.79 Å². The van der Waals surface area contributed by atoms with Crippen LogP contribution >= 0.6 is 11.8 Å². The van der Waals surface area contributed by atoms with E-state index >= 15 is 0 Å². The first-order valence-electron chi connectivity index (χ1n) is 12.0. The number of thioether (sulfide) groups is 1. The Morgan fingerprint density at radius 1 is 1.15 bits per heavy atom. The molecule has 0 aliphatic heterocycles. The lowest BCUT2D eigenvalue weighted by atomic mass is 9.84. The van der Waals surface area contributed by atoms with Crippen molar-refractivity contribution < 1.29 is 9.53 Å². The Morgan fingerprint density at radius 3 is 2.62 bits per heavy atom. The van der Waals surface area contributed by atoms with Gasteiger partial charge in [-0.15, -0.1) is 11.8 Å². The molecule has 2 N–H and O–H groups in total. The van der Waals surface area contributed by atoms with E-state index in [1.54, 1.807) is 17.8 Å². The van der Waals surface area contributed by atoms with Crippen molar-refractivity contribution >= 4 is 39.4 Å². The number of nitrogen functional groups attached to an aromatic ring is 1. The first-order valence-corrected chi connectivity index (χ1v) is 13.0. The van der Waals surface area contributed by atoms with E-state index < -0.39 is 0 Å². The second kappa shape index (κ2) is 12.0. The van der Waals surface area contributed by atoms with Gasteiger partial charge in [-0.05, 0) is 74.1 Å². The molecular weight excluding hydrogens is 442 g/mol. The number of nitrogens with zero attached hydrogens (tertiary/aromatic N) is 2. The largest absolute Gasteiger partial charge is 0.465 e. The molecule has 3 aromatic rings. The highest BCUT2D eigenvalue weighted by Crippen LogP contribution is 2.39. The molecule has 1 heterocycles.